The van der Waals surface area contributed by atoms with E-state index in [9.17, 15) is 10.1 Å². The zero-order valence-electron chi connectivity index (χ0n) is 19.8. The lowest BCUT2D eigenvalue weighted by molar-refractivity contribution is 0.102. The van der Waals surface area contributed by atoms with Crippen LogP contribution in [0.15, 0.2) is 66.9 Å². The molecular formula is C28H22ClN5O2S. The number of nitrogens with one attached hydrogen (secondary N) is 2. The number of ether oxygens (including phenoxy) is 1. The van der Waals surface area contributed by atoms with Gasteiger partial charge in [-0.25, -0.2) is 9.97 Å². The van der Waals surface area contributed by atoms with E-state index in [1.165, 1.54) is 24.2 Å². The fourth-order valence-corrected chi connectivity index (χ4v) is 5.44. The molecule has 2 heterocycles. The van der Waals surface area contributed by atoms with E-state index in [0.29, 0.717) is 39.4 Å². The van der Waals surface area contributed by atoms with Crippen LogP contribution in [0.2, 0.25) is 5.02 Å². The summed E-state index contributed by atoms with van der Waals surface area (Å²) in [6, 6.07) is 18.3. The highest BCUT2D eigenvalue weighted by Crippen LogP contribution is 2.50. The zero-order chi connectivity index (χ0) is 25.6. The Morgan fingerprint density at radius 2 is 1.95 bits per heavy atom. The molecule has 2 saturated carbocycles. The van der Waals surface area contributed by atoms with Crippen LogP contribution in [0.5, 0.6) is 11.6 Å². The van der Waals surface area contributed by atoms with E-state index in [2.05, 4.69) is 33.2 Å². The first-order valence-corrected chi connectivity index (χ1v) is 13.2. The van der Waals surface area contributed by atoms with Crippen molar-refractivity contribution in [3.8, 4) is 17.7 Å². The standard InChI is InChI=1S/C28H22ClN5O2S/c1-16(17-8-9-17)31-27-33-22-10-11-23(34-26(22)37-27)36-19-5-2-4-18(14-19)32-25(35)20-6-3-7-21(24(20)29)28(15-30)12-13-28/h2-7,10-11,14,17H,1,8-9,12-13H2,(H,31,33)(H,32,35). The summed E-state index contributed by atoms with van der Waals surface area (Å²) in [6.07, 6.45) is 3.85. The molecule has 184 valence electrons. The number of hydrogen-bond donors (Lipinski definition) is 2. The molecule has 0 radical (unpaired) electrons. The number of carbonyl (C=O) groups is 1. The van der Waals surface area contributed by atoms with Gasteiger partial charge in [0, 0.05) is 23.5 Å². The first kappa shape index (κ1) is 23.5. The predicted octanol–water partition coefficient (Wildman–Crippen LogP) is 7.28. The molecule has 6 rings (SSSR count). The number of thiazole rings is 1. The summed E-state index contributed by atoms with van der Waals surface area (Å²) >= 11 is 8.00. The van der Waals surface area contributed by atoms with E-state index in [1.807, 2.05) is 12.1 Å². The Balaban J connectivity index is 1.16. The monoisotopic (exact) mass is 527 g/mol. The number of nitriles is 1. The van der Waals surface area contributed by atoms with Crippen LogP contribution in [0, 0.1) is 17.2 Å². The summed E-state index contributed by atoms with van der Waals surface area (Å²) in [5.41, 5.74) is 2.80. The van der Waals surface area contributed by atoms with Crippen molar-refractivity contribution in [1.82, 2.24) is 9.97 Å². The lowest BCUT2D eigenvalue weighted by atomic mass is 9.95. The summed E-state index contributed by atoms with van der Waals surface area (Å²) in [5, 5.41) is 16.8. The van der Waals surface area contributed by atoms with Crippen LogP contribution < -0.4 is 15.4 Å². The number of halogens is 1. The maximum atomic E-state index is 13.0. The van der Waals surface area contributed by atoms with Crippen molar-refractivity contribution in [3.63, 3.8) is 0 Å². The second kappa shape index (κ2) is 9.18. The first-order chi connectivity index (χ1) is 17.9. The van der Waals surface area contributed by atoms with Gasteiger partial charge in [0.05, 0.1) is 22.1 Å². The molecule has 2 N–H and O–H groups in total. The van der Waals surface area contributed by atoms with Crippen molar-refractivity contribution in [2.75, 3.05) is 10.6 Å². The Bertz CT molecular complexity index is 1600. The molecule has 0 saturated heterocycles. The molecule has 9 heteroatoms. The number of carbonyl (C=O) groups excluding carboxylic acids is 1. The molecule has 2 aromatic carbocycles. The highest BCUT2D eigenvalue weighted by Gasteiger charge is 2.46. The number of allylic oxidation sites excluding steroid dienone is 1. The van der Waals surface area contributed by atoms with Gasteiger partial charge in [-0.1, -0.05) is 47.7 Å². The predicted molar refractivity (Wildman–Crippen MR) is 145 cm³/mol. The Morgan fingerprint density at radius 3 is 2.70 bits per heavy atom. The molecule has 0 bridgehead atoms. The Morgan fingerprint density at radius 1 is 1.14 bits per heavy atom. The molecule has 2 aromatic heterocycles. The highest BCUT2D eigenvalue weighted by atomic mass is 35.5. The number of nitrogens with zero attached hydrogens (tertiary/aromatic N) is 3. The fraction of sp³-hybridized carbons (Fsp3) is 0.214. The van der Waals surface area contributed by atoms with Gasteiger partial charge in [-0.2, -0.15) is 5.26 Å². The molecule has 37 heavy (non-hydrogen) atoms. The maximum absolute atomic E-state index is 13.0. The third kappa shape index (κ3) is 4.76. The summed E-state index contributed by atoms with van der Waals surface area (Å²) in [6.45, 7) is 4.09. The average Bonchev–Trinajstić information content (AvgIpc) is 3.81. The summed E-state index contributed by atoms with van der Waals surface area (Å²) in [4.78, 5) is 22.9. The number of aromatic nitrogens is 2. The minimum absolute atomic E-state index is 0.322. The Hall–Kier alpha value is -3.93. The van der Waals surface area contributed by atoms with Crippen LogP contribution >= 0.6 is 22.9 Å². The van der Waals surface area contributed by atoms with E-state index in [-0.39, 0.29) is 5.91 Å². The molecule has 0 spiro atoms. The average molecular weight is 528 g/mol. The van der Waals surface area contributed by atoms with Crippen molar-refractivity contribution < 1.29 is 9.53 Å². The van der Waals surface area contributed by atoms with E-state index < -0.39 is 5.41 Å². The summed E-state index contributed by atoms with van der Waals surface area (Å²) < 4.78 is 5.98. The Labute approximate surface area is 222 Å². The largest absolute Gasteiger partial charge is 0.439 e. The van der Waals surface area contributed by atoms with Gasteiger partial charge in [0.15, 0.2) is 5.13 Å². The SMILES string of the molecule is C=C(Nc1nc2ccc(Oc3cccc(NC(=O)c4cccc(C5(C#N)CC5)c4Cl)c3)nc2s1)C1CC1. The number of pyridine rings is 1. The maximum Gasteiger partial charge on any atom is 0.257 e. The second-order valence-electron chi connectivity index (χ2n) is 9.36. The highest BCUT2D eigenvalue weighted by molar-refractivity contribution is 7.21. The zero-order valence-corrected chi connectivity index (χ0v) is 21.3. The summed E-state index contributed by atoms with van der Waals surface area (Å²) in [5.74, 6) is 1.14. The second-order valence-corrected chi connectivity index (χ2v) is 10.7. The molecule has 2 fully saturated rings. The van der Waals surface area contributed by atoms with Gasteiger partial charge in [-0.15, -0.1) is 0 Å². The van der Waals surface area contributed by atoms with Crippen molar-refractivity contribution >= 4 is 50.0 Å². The van der Waals surface area contributed by atoms with Gasteiger partial charge in [0.1, 0.15) is 16.1 Å². The molecule has 2 aliphatic rings. The van der Waals surface area contributed by atoms with Crippen LogP contribution in [0.25, 0.3) is 10.3 Å². The molecule has 7 nitrogen and oxygen atoms in total. The van der Waals surface area contributed by atoms with E-state index in [0.717, 1.165) is 34.0 Å². The molecule has 1 amide bonds. The topological polar surface area (TPSA) is 99.9 Å². The quantitative estimate of drug-likeness (QED) is 0.250. The molecule has 0 aliphatic heterocycles. The molecule has 0 atom stereocenters. The fourth-order valence-electron chi connectivity index (χ4n) is 4.18. The molecular weight excluding hydrogens is 506 g/mol. The molecule has 4 aromatic rings. The van der Waals surface area contributed by atoms with Gasteiger partial charge < -0.3 is 15.4 Å². The third-order valence-electron chi connectivity index (χ3n) is 6.60. The third-order valence-corrected chi connectivity index (χ3v) is 7.89. The van der Waals surface area contributed by atoms with Gasteiger partial charge in [0.25, 0.3) is 5.91 Å². The van der Waals surface area contributed by atoms with Gasteiger partial charge >= 0.3 is 0 Å². The number of benzene rings is 2. The first-order valence-electron chi connectivity index (χ1n) is 12.0. The number of fused-ring (bicyclic) bond motifs is 1. The van der Waals surface area contributed by atoms with E-state index in [4.69, 9.17) is 16.3 Å². The number of rotatable bonds is 8. The van der Waals surface area contributed by atoms with E-state index >= 15 is 0 Å². The minimum atomic E-state index is -0.574. The molecule has 2 aliphatic carbocycles. The van der Waals surface area contributed by atoms with Crippen molar-refractivity contribution in [3.05, 3.63) is 83.0 Å². The van der Waals surface area contributed by atoms with Crippen LogP contribution in [0.4, 0.5) is 10.8 Å². The van der Waals surface area contributed by atoms with Crippen molar-refractivity contribution in [1.29, 1.82) is 5.26 Å². The van der Waals surface area contributed by atoms with Crippen LogP contribution in [0.3, 0.4) is 0 Å². The van der Waals surface area contributed by atoms with Gasteiger partial charge in [-0.05, 0) is 61.4 Å². The smallest absolute Gasteiger partial charge is 0.257 e. The molecule has 0 unspecified atom stereocenters. The number of anilines is 2. The number of hydrogen-bond acceptors (Lipinski definition) is 7. The summed E-state index contributed by atoms with van der Waals surface area (Å²) in [7, 11) is 0. The van der Waals surface area contributed by atoms with Crippen molar-refractivity contribution in [2.24, 2.45) is 5.92 Å². The number of amides is 1. The Kier molecular flexibility index (Phi) is 5.82. The van der Waals surface area contributed by atoms with Crippen LogP contribution in [-0.4, -0.2) is 15.9 Å². The van der Waals surface area contributed by atoms with Crippen molar-refractivity contribution in [2.45, 2.75) is 31.1 Å². The van der Waals surface area contributed by atoms with Gasteiger partial charge in [-0.3, -0.25) is 4.79 Å². The lowest BCUT2D eigenvalue weighted by Gasteiger charge is -2.13. The van der Waals surface area contributed by atoms with E-state index in [1.54, 1.807) is 42.5 Å². The lowest BCUT2D eigenvalue weighted by Crippen LogP contribution is -2.14. The normalized spacial score (nSPS) is 15.6. The van der Waals surface area contributed by atoms with Crippen LogP contribution in [-0.2, 0) is 5.41 Å². The van der Waals surface area contributed by atoms with Crippen LogP contribution in [0.1, 0.15) is 41.6 Å². The minimum Gasteiger partial charge on any atom is -0.439 e. The van der Waals surface area contributed by atoms with Gasteiger partial charge in [0.2, 0.25) is 5.88 Å².